The summed E-state index contributed by atoms with van der Waals surface area (Å²) in [7, 11) is 4.63. The predicted octanol–water partition coefficient (Wildman–Crippen LogP) is 1.47. The summed E-state index contributed by atoms with van der Waals surface area (Å²) in [5, 5.41) is 5.33. The Kier molecular flexibility index (Phi) is 5.79. The highest BCUT2D eigenvalue weighted by atomic mass is 16.5. The van der Waals surface area contributed by atoms with Gasteiger partial charge < -0.3 is 24.8 Å². The monoisotopic (exact) mass is 254 g/mol. The molecule has 0 heterocycles. The maximum atomic E-state index is 11.6. The van der Waals surface area contributed by atoms with Crippen molar-refractivity contribution in [2.24, 2.45) is 0 Å². The van der Waals surface area contributed by atoms with Crippen molar-refractivity contribution in [2.45, 2.75) is 0 Å². The van der Waals surface area contributed by atoms with Crippen LogP contribution in [0.3, 0.4) is 0 Å². The summed E-state index contributed by atoms with van der Waals surface area (Å²) in [6, 6.07) is 4.93. The molecule has 6 nitrogen and oxygen atoms in total. The average Bonchev–Trinajstić information content (AvgIpc) is 2.39. The molecule has 0 saturated heterocycles. The molecule has 6 heteroatoms. The summed E-state index contributed by atoms with van der Waals surface area (Å²) in [5.74, 6) is 1.08. The second-order valence-electron chi connectivity index (χ2n) is 3.41. The first kappa shape index (κ1) is 14.1. The Labute approximate surface area is 106 Å². The van der Waals surface area contributed by atoms with Crippen LogP contribution in [0.25, 0.3) is 0 Å². The lowest BCUT2D eigenvalue weighted by molar-refractivity contribution is 0.198. The molecule has 0 radical (unpaired) electrons. The van der Waals surface area contributed by atoms with Crippen molar-refractivity contribution in [1.82, 2.24) is 5.32 Å². The Hall–Kier alpha value is -1.95. The van der Waals surface area contributed by atoms with Crippen LogP contribution in [0.5, 0.6) is 11.5 Å². The van der Waals surface area contributed by atoms with Gasteiger partial charge in [0.1, 0.15) is 17.2 Å². The zero-order valence-corrected chi connectivity index (χ0v) is 10.8. The lowest BCUT2D eigenvalue weighted by Crippen LogP contribution is -2.31. The summed E-state index contributed by atoms with van der Waals surface area (Å²) >= 11 is 0. The van der Waals surface area contributed by atoms with Crippen molar-refractivity contribution < 1.29 is 19.0 Å². The van der Waals surface area contributed by atoms with Gasteiger partial charge in [-0.1, -0.05) is 6.07 Å². The van der Waals surface area contributed by atoms with E-state index in [4.69, 9.17) is 14.2 Å². The van der Waals surface area contributed by atoms with E-state index in [0.717, 1.165) is 0 Å². The lowest BCUT2D eigenvalue weighted by Gasteiger charge is -2.14. The van der Waals surface area contributed by atoms with Gasteiger partial charge in [-0.25, -0.2) is 4.79 Å². The number of carbonyl (C=O) groups is 1. The van der Waals surface area contributed by atoms with Gasteiger partial charge in [0.15, 0.2) is 0 Å². The van der Waals surface area contributed by atoms with E-state index >= 15 is 0 Å². The largest absolute Gasteiger partial charge is 0.494 e. The zero-order valence-electron chi connectivity index (χ0n) is 10.8. The number of carbonyl (C=O) groups excluding carboxylic acids is 1. The SMILES string of the molecule is COCCNC(=O)Nc1c(OC)cccc1OC. The maximum Gasteiger partial charge on any atom is 0.319 e. The number of urea groups is 1. The van der Waals surface area contributed by atoms with Gasteiger partial charge in [0.25, 0.3) is 0 Å². The topological polar surface area (TPSA) is 68.8 Å². The fourth-order valence-corrected chi connectivity index (χ4v) is 1.40. The minimum atomic E-state index is -0.338. The number of para-hydroxylation sites is 1. The number of anilines is 1. The van der Waals surface area contributed by atoms with Crippen LogP contribution in [0.1, 0.15) is 0 Å². The molecule has 1 aromatic carbocycles. The van der Waals surface area contributed by atoms with Gasteiger partial charge in [-0.2, -0.15) is 0 Å². The fourth-order valence-electron chi connectivity index (χ4n) is 1.40. The normalized spacial score (nSPS) is 9.72. The molecule has 18 heavy (non-hydrogen) atoms. The van der Waals surface area contributed by atoms with Crippen LogP contribution in [0.15, 0.2) is 18.2 Å². The minimum absolute atomic E-state index is 0.338. The van der Waals surface area contributed by atoms with Crippen LogP contribution in [-0.4, -0.2) is 40.5 Å². The number of rotatable bonds is 6. The van der Waals surface area contributed by atoms with Crippen molar-refractivity contribution in [3.63, 3.8) is 0 Å². The van der Waals surface area contributed by atoms with E-state index in [1.807, 2.05) is 0 Å². The van der Waals surface area contributed by atoms with Crippen LogP contribution in [-0.2, 0) is 4.74 Å². The van der Waals surface area contributed by atoms with Crippen molar-refractivity contribution in [3.8, 4) is 11.5 Å². The van der Waals surface area contributed by atoms with Crippen LogP contribution in [0, 0.1) is 0 Å². The zero-order chi connectivity index (χ0) is 13.4. The van der Waals surface area contributed by atoms with E-state index in [1.54, 1.807) is 25.3 Å². The van der Waals surface area contributed by atoms with Gasteiger partial charge in [-0.05, 0) is 12.1 Å². The highest BCUT2D eigenvalue weighted by molar-refractivity contribution is 5.92. The van der Waals surface area contributed by atoms with Crippen molar-refractivity contribution in [1.29, 1.82) is 0 Å². The Morgan fingerprint density at radius 1 is 1.17 bits per heavy atom. The Bertz CT molecular complexity index is 373. The number of ether oxygens (including phenoxy) is 3. The van der Waals surface area contributed by atoms with Crippen LogP contribution < -0.4 is 20.1 Å². The summed E-state index contributed by atoms with van der Waals surface area (Å²) in [5.41, 5.74) is 0.498. The van der Waals surface area contributed by atoms with Gasteiger partial charge in [-0.15, -0.1) is 0 Å². The van der Waals surface area contributed by atoms with Crippen molar-refractivity contribution in [3.05, 3.63) is 18.2 Å². The molecule has 0 aromatic heterocycles. The number of methoxy groups -OCH3 is 3. The molecule has 2 amide bonds. The summed E-state index contributed by atoms with van der Waals surface area (Å²) in [4.78, 5) is 11.6. The molecule has 1 rings (SSSR count). The molecular formula is C12H18N2O4. The molecule has 0 unspecified atom stereocenters. The first-order valence-electron chi connectivity index (χ1n) is 5.47. The quantitative estimate of drug-likeness (QED) is 0.754. The molecule has 0 atom stereocenters. The van der Waals surface area contributed by atoms with Gasteiger partial charge in [0.2, 0.25) is 0 Å². The third kappa shape index (κ3) is 3.81. The number of nitrogens with one attached hydrogen (secondary N) is 2. The second kappa shape index (κ2) is 7.39. The van der Waals surface area contributed by atoms with Crippen molar-refractivity contribution >= 4 is 11.7 Å². The van der Waals surface area contributed by atoms with Gasteiger partial charge >= 0.3 is 6.03 Å². The smallest absolute Gasteiger partial charge is 0.319 e. The highest BCUT2D eigenvalue weighted by Gasteiger charge is 2.12. The van der Waals surface area contributed by atoms with Crippen molar-refractivity contribution in [2.75, 3.05) is 39.8 Å². The van der Waals surface area contributed by atoms with E-state index in [-0.39, 0.29) is 6.03 Å². The van der Waals surface area contributed by atoms with E-state index in [9.17, 15) is 4.79 Å². The highest BCUT2D eigenvalue weighted by Crippen LogP contribution is 2.33. The van der Waals surface area contributed by atoms with Crippen LogP contribution >= 0.6 is 0 Å². The summed E-state index contributed by atoms with van der Waals surface area (Å²) in [6.45, 7) is 0.885. The molecule has 0 fully saturated rings. The average molecular weight is 254 g/mol. The predicted molar refractivity (Wildman–Crippen MR) is 68.4 cm³/mol. The summed E-state index contributed by atoms with van der Waals surface area (Å²) in [6.07, 6.45) is 0. The van der Waals surface area contributed by atoms with Gasteiger partial charge in [-0.3, -0.25) is 0 Å². The number of hydrogen-bond donors (Lipinski definition) is 2. The summed E-state index contributed by atoms with van der Waals surface area (Å²) < 4.78 is 15.2. The molecule has 1 aromatic rings. The first-order chi connectivity index (χ1) is 8.72. The molecule has 0 aliphatic carbocycles. The number of hydrogen-bond acceptors (Lipinski definition) is 4. The van der Waals surface area contributed by atoms with Gasteiger partial charge in [0, 0.05) is 13.7 Å². The molecular weight excluding hydrogens is 236 g/mol. The van der Waals surface area contributed by atoms with E-state index < -0.39 is 0 Å². The molecule has 100 valence electrons. The number of benzene rings is 1. The molecule has 0 aliphatic heterocycles. The first-order valence-corrected chi connectivity index (χ1v) is 5.47. The molecule has 0 saturated carbocycles. The Morgan fingerprint density at radius 2 is 1.78 bits per heavy atom. The standard InChI is InChI=1S/C12H18N2O4/c1-16-8-7-13-12(15)14-11-9(17-2)5-4-6-10(11)18-3/h4-6H,7-8H2,1-3H3,(H2,13,14,15). The van der Waals surface area contributed by atoms with E-state index in [0.29, 0.717) is 30.3 Å². The van der Waals surface area contributed by atoms with Gasteiger partial charge in [0.05, 0.1) is 20.8 Å². The Morgan fingerprint density at radius 3 is 2.28 bits per heavy atom. The molecule has 0 bridgehead atoms. The molecule has 0 spiro atoms. The maximum absolute atomic E-state index is 11.6. The molecule has 2 N–H and O–H groups in total. The molecule has 0 aliphatic rings. The second-order valence-corrected chi connectivity index (χ2v) is 3.41. The lowest BCUT2D eigenvalue weighted by atomic mass is 10.2. The number of amides is 2. The third-order valence-corrected chi connectivity index (χ3v) is 2.26. The van der Waals surface area contributed by atoms with Crippen LogP contribution in [0.4, 0.5) is 10.5 Å². The fraction of sp³-hybridized carbons (Fsp3) is 0.417. The van der Waals surface area contributed by atoms with E-state index in [2.05, 4.69) is 10.6 Å². The Balaban J connectivity index is 2.72. The van der Waals surface area contributed by atoms with Crippen LogP contribution in [0.2, 0.25) is 0 Å². The van der Waals surface area contributed by atoms with E-state index in [1.165, 1.54) is 14.2 Å². The minimum Gasteiger partial charge on any atom is -0.494 e. The third-order valence-electron chi connectivity index (χ3n) is 2.26.